The summed E-state index contributed by atoms with van der Waals surface area (Å²) in [6.45, 7) is 0. The highest BCUT2D eigenvalue weighted by atomic mass is 79.9. The third-order valence-corrected chi connectivity index (χ3v) is 5.20. The molecule has 0 amide bonds. The first-order valence-corrected chi connectivity index (χ1v) is 8.76. The fourth-order valence-electron chi connectivity index (χ4n) is 2.56. The number of hydrogen-bond acceptors (Lipinski definition) is 4. The summed E-state index contributed by atoms with van der Waals surface area (Å²) < 4.78 is 3.14. The minimum absolute atomic E-state index is 0.492. The van der Waals surface area contributed by atoms with E-state index in [-0.39, 0.29) is 0 Å². The van der Waals surface area contributed by atoms with Gasteiger partial charge in [0.15, 0.2) is 0 Å². The van der Waals surface area contributed by atoms with Gasteiger partial charge in [0.25, 0.3) is 0 Å². The maximum atomic E-state index is 4.19. The van der Waals surface area contributed by atoms with Crippen molar-refractivity contribution < 1.29 is 0 Å². The lowest BCUT2D eigenvalue weighted by atomic mass is 9.96. The van der Waals surface area contributed by atoms with E-state index in [2.05, 4.69) is 55.7 Å². The Hall–Kier alpha value is -0.880. The number of hydrogen-bond donors (Lipinski definition) is 0. The van der Waals surface area contributed by atoms with E-state index in [0.29, 0.717) is 6.04 Å². The van der Waals surface area contributed by atoms with Crippen molar-refractivity contribution in [1.82, 2.24) is 20.2 Å². The molecule has 1 aromatic heterocycles. The molecule has 0 aliphatic heterocycles. The molecule has 0 spiro atoms. The third kappa shape index (κ3) is 3.41. The third-order valence-electron chi connectivity index (χ3n) is 3.66. The van der Waals surface area contributed by atoms with E-state index in [9.17, 15) is 0 Å². The van der Waals surface area contributed by atoms with Crippen molar-refractivity contribution in [2.75, 3.05) is 0 Å². The zero-order valence-electron chi connectivity index (χ0n) is 11.2. The number of halogens is 1. The monoisotopic (exact) mass is 352 g/mol. The van der Waals surface area contributed by atoms with Crippen LogP contribution < -0.4 is 0 Å². The van der Waals surface area contributed by atoms with Crippen LogP contribution in [0.4, 0.5) is 0 Å². The minimum atomic E-state index is 0.492. The molecule has 1 aliphatic rings. The van der Waals surface area contributed by atoms with Gasteiger partial charge in [-0.1, -0.05) is 59.1 Å². The summed E-state index contributed by atoms with van der Waals surface area (Å²) in [7, 11) is 0. The van der Waals surface area contributed by atoms with Gasteiger partial charge in [0.1, 0.15) is 0 Å². The predicted octanol–water partition coefficient (Wildman–Crippen LogP) is 4.23. The largest absolute Gasteiger partial charge is 0.217 e. The molecule has 0 N–H and O–H groups in total. The van der Waals surface area contributed by atoms with E-state index in [1.807, 2.05) is 4.68 Å². The van der Waals surface area contributed by atoms with Gasteiger partial charge in [-0.2, -0.15) is 0 Å². The van der Waals surface area contributed by atoms with Crippen molar-refractivity contribution in [2.45, 2.75) is 49.1 Å². The first kappa shape index (κ1) is 14.1. The molecule has 0 saturated heterocycles. The maximum Gasteiger partial charge on any atom is 0.209 e. The van der Waals surface area contributed by atoms with Crippen LogP contribution in [0.5, 0.6) is 0 Å². The number of thioether (sulfide) groups is 1. The topological polar surface area (TPSA) is 43.6 Å². The van der Waals surface area contributed by atoms with Gasteiger partial charge in [0, 0.05) is 10.2 Å². The molecule has 20 heavy (non-hydrogen) atoms. The molecule has 3 rings (SSSR count). The standard InChI is InChI=1S/C14H17BrN4S/c15-12-8-6-11(7-9-12)10-20-14-16-17-18-19(14)13-4-2-1-3-5-13/h6-9,13H,1-5,10H2. The summed E-state index contributed by atoms with van der Waals surface area (Å²) in [6, 6.07) is 8.89. The highest BCUT2D eigenvalue weighted by Crippen LogP contribution is 2.31. The second kappa shape index (κ2) is 6.72. The Labute approximate surface area is 131 Å². The number of tetrazole rings is 1. The first-order valence-electron chi connectivity index (χ1n) is 6.98. The average Bonchev–Trinajstić information content (AvgIpc) is 2.96. The summed E-state index contributed by atoms with van der Waals surface area (Å²) in [6.07, 6.45) is 6.34. The Bertz CT molecular complexity index is 549. The minimum Gasteiger partial charge on any atom is -0.217 e. The SMILES string of the molecule is Brc1ccc(CSc2nnnn2C2CCCCC2)cc1. The molecule has 0 radical (unpaired) electrons. The van der Waals surface area contributed by atoms with Crippen LogP contribution in [0.2, 0.25) is 0 Å². The Kier molecular flexibility index (Phi) is 4.73. The van der Waals surface area contributed by atoms with Crippen LogP contribution in [0.3, 0.4) is 0 Å². The Morgan fingerprint density at radius 2 is 1.90 bits per heavy atom. The summed E-state index contributed by atoms with van der Waals surface area (Å²) in [5, 5.41) is 13.2. The molecule has 1 heterocycles. The van der Waals surface area contributed by atoms with Crippen LogP contribution >= 0.6 is 27.7 Å². The van der Waals surface area contributed by atoms with Gasteiger partial charge in [-0.05, 0) is 41.0 Å². The predicted molar refractivity (Wildman–Crippen MR) is 83.6 cm³/mol. The first-order chi connectivity index (χ1) is 9.83. The van der Waals surface area contributed by atoms with E-state index >= 15 is 0 Å². The second-order valence-corrected chi connectivity index (χ2v) is 6.97. The van der Waals surface area contributed by atoms with Crippen molar-refractivity contribution in [2.24, 2.45) is 0 Å². The molecule has 2 aromatic rings. The van der Waals surface area contributed by atoms with Gasteiger partial charge in [0.05, 0.1) is 6.04 Å². The van der Waals surface area contributed by atoms with Crippen molar-refractivity contribution in [3.8, 4) is 0 Å². The zero-order valence-corrected chi connectivity index (χ0v) is 13.6. The van der Waals surface area contributed by atoms with E-state index in [1.54, 1.807) is 11.8 Å². The molecule has 4 nitrogen and oxygen atoms in total. The summed E-state index contributed by atoms with van der Waals surface area (Å²) in [5.74, 6) is 0.903. The van der Waals surface area contributed by atoms with Crippen molar-refractivity contribution in [1.29, 1.82) is 0 Å². The number of nitrogens with zero attached hydrogens (tertiary/aromatic N) is 4. The smallest absolute Gasteiger partial charge is 0.209 e. The van der Waals surface area contributed by atoms with Gasteiger partial charge in [0.2, 0.25) is 5.16 Å². The zero-order chi connectivity index (χ0) is 13.8. The fraction of sp³-hybridized carbons (Fsp3) is 0.500. The summed E-state index contributed by atoms with van der Waals surface area (Å²) in [4.78, 5) is 0. The fourth-order valence-corrected chi connectivity index (χ4v) is 3.73. The molecule has 1 aromatic carbocycles. The highest BCUT2D eigenvalue weighted by molar-refractivity contribution is 9.10. The van der Waals surface area contributed by atoms with Crippen LogP contribution in [0.1, 0.15) is 43.7 Å². The number of benzene rings is 1. The molecule has 1 fully saturated rings. The quantitative estimate of drug-likeness (QED) is 0.772. The lowest BCUT2D eigenvalue weighted by Crippen LogP contribution is -2.15. The van der Waals surface area contributed by atoms with E-state index < -0.39 is 0 Å². The van der Waals surface area contributed by atoms with Gasteiger partial charge in [-0.25, -0.2) is 4.68 Å². The summed E-state index contributed by atoms with van der Waals surface area (Å²) >= 11 is 5.17. The second-order valence-electron chi connectivity index (χ2n) is 5.11. The molecule has 6 heteroatoms. The van der Waals surface area contributed by atoms with E-state index in [4.69, 9.17) is 0 Å². The Balaban J connectivity index is 1.65. The molecule has 0 bridgehead atoms. The summed E-state index contributed by atoms with van der Waals surface area (Å²) in [5.41, 5.74) is 1.29. The van der Waals surface area contributed by atoms with Crippen molar-refractivity contribution >= 4 is 27.7 Å². The average molecular weight is 353 g/mol. The molecule has 106 valence electrons. The van der Waals surface area contributed by atoms with Crippen molar-refractivity contribution in [3.05, 3.63) is 34.3 Å². The van der Waals surface area contributed by atoms with Gasteiger partial charge < -0.3 is 0 Å². The Morgan fingerprint density at radius 3 is 2.65 bits per heavy atom. The number of rotatable bonds is 4. The van der Waals surface area contributed by atoms with Crippen molar-refractivity contribution in [3.63, 3.8) is 0 Å². The molecular weight excluding hydrogens is 336 g/mol. The molecule has 1 aliphatic carbocycles. The van der Waals surface area contributed by atoms with Crippen LogP contribution in [0, 0.1) is 0 Å². The molecule has 0 atom stereocenters. The molecule has 1 saturated carbocycles. The van der Waals surface area contributed by atoms with Gasteiger partial charge in [-0.15, -0.1) is 5.10 Å². The highest BCUT2D eigenvalue weighted by Gasteiger charge is 2.20. The van der Waals surface area contributed by atoms with Gasteiger partial charge in [-0.3, -0.25) is 0 Å². The lowest BCUT2D eigenvalue weighted by Gasteiger charge is -2.21. The molecule has 0 unspecified atom stereocenters. The van der Waals surface area contributed by atoms with Crippen LogP contribution in [0.15, 0.2) is 33.9 Å². The van der Waals surface area contributed by atoms with Crippen LogP contribution in [0.25, 0.3) is 0 Å². The number of aromatic nitrogens is 4. The van der Waals surface area contributed by atoms with Gasteiger partial charge >= 0.3 is 0 Å². The Morgan fingerprint density at radius 1 is 1.15 bits per heavy atom. The lowest BCUT2D eigenvalue weighted by molar-refractivity contribution is 0.307. The van der Waals surface area contributed by atoms with E-state index in [0.717, 1.165) is 15.4 Å². The van der Waals surface area contributed by atoms with E-state index in [1.165, 1.54) is 37.7 Å². The molecular formula is C14H17BrN4S. The van der Waals surface area contributed by atoms with Crippen LogP contribution in [-0.2, 0) is 5.75 Å². The van der Waals surface area contributed by atoms with Crippen LogP contribution in [-0.4, -0.2) is 20.2 Å². The normalized spacial score (nSPS) is 16.4. The maximum absolute atomic E-state index is 4.19.